The Hall–Kier alpha value is -1.69. The van der Waals surface area contributed by atoms with E-state index in [1.807, 2.05) is 0 Å². The average molecular weight is 264 g/mol. The molecule has 1 N–H and O–H groups in total. The van der Waals surface area contributed by atoms with Crippen LogP contribution in [0.3, 0.4) is 0 Å². The summed E-state index contributed by atoms with van der Waals surface area (Å²) >= 11 is 0. The van der Waals surface area contributed by atoms with E-state index in [0.717, 1.165) is 32.5 Å². The topological polar surface area (TPSA) is 71.3 Å². The standard InChI is InChI=1S/C13H20N4O2/c1-13(5-7-16(2)8-6-13)10-15-12-4-3-11(9-14-12)17(18)19/h3-4,9H,5-8,10H2,1-2H3,(H,14,15). The second-order valence-electron chi connectivity index (χ2n) is 5.63. The Bertz CT molecular complexity index is 438. The first kappa shape index (κ1) is 13.7. The van der Waals surface area contributed by atoms with Crippen LogP contribution in [0.25, 0.3) is 0 Å². The first-order valence-corrected chi connectivity index (χ1v) is 6.51. The van der Waals surface area contributed by atoms with Crippen molar-refractivity contribution in [2.24, 2.45) is 5.41 Å². The molecule has 19 heavy (non-hydrogen) atoms. The number of nitro groups is 1. The summed E-state index contributed by atoms with van der Waals surface area (Å²) in [5, 5.41) is 13.8. The van der Waals surface area contributed by atoms with Gasteiger partial charge in [-0.05, 0) is 44.5 Å². The summed E-state index contributed by atoms with van der Waals surface area (Å²) in [5.41, 5.74) is 0.298. The zero-order valence-corrected chi connectivity index (χ0v) is 11.4. The lowest BCUT2D eigenvalue weighted by molar-refractivity contribution is -0.385. The second-order valence-corrected chi connectivity index (χ2v) is 5.63. The highest BCUT2D eigenvalue weighted by Gasteiger charge is 2.28. The molecule has 1 aromatic heterocycles. The summed E-state index contributed by atoms with van der Waals surface area (Å²) in [6.45, 7) is 5.36. The van der Waals surface area contributed by atoms with Crippen LogP contribution in [0.15, 0.2) is 18.3 Å². The smallest absolute Gasteiger partial charge is 0.287 e. The molecule has 0 saturated carbocycles. The molecule has 0 aromatic carbocycles. The Morgan fingerprint density at radius 1 is 1.47 bits per heavy atom. The molecule has 6 heteroatoms. The fourth-order valence-electron chi connectivity index (χ4n) is 2.24. The molecule has 1 aliphatic rings. The predicted molar refractivity (Wildman–Crippen MR) is 74.2 cm³/mol. The van der Waals surface area contributed by atoms with Gasteiger partial charge in [0.1, 0.15) is 12.0 Å². The Morgan fingerprint density at radius 2 is 2.16 bits per heavy atom. The van der Waals surface area contributed by atoms with Gasteiger partial charge in [0.25, 0.3) is 5.69 Å². The third kappa shape index (κ3) is 3.64. The van der Waals surface area contributed by atoms with E-state index in [1.165, 1.54) is 12.3 Å². The molecule has 2 heterocycles. The Labute approximate surface area is 113 Å². The van der Waals surface area contributed by atoms with E-state index in [4.69, 9.17) is 0 Å². The SMILES string of the molecule is CN1CCC(C)(CNc2ccc([N+](=O)[O-])cn2)CC1. The van der Waals surface area contributed by atoms with Crippen molar-refractivity contribution < 1.29 is 4.92 Å². The lowest BCUT2D eigenvalue weighted by Crippen LogP contribution is -2.40. The van der Waals surface area contributed by atoms with Gasteiger partial charge in [-0.2, -0.15) is 0 Å². The van der Waals surface area contributed by atoms with Crippen molar-refractivity contribution in [1.29, 1.82) is 0 Å². The van der Waals surface area contributed by atoms with Crippen LogP contribution < -0.4 is 5.32 Å². The third-order valence-corrected chi connectivity index (χ3v) is 3.85. The number of nitrogens with one attached hydrogen (secondary N) is 1. The van der Waals surface area contributed by atoms with E-state index < -0.39 is 4.92 Å². The zero-order valence-electron chi connectivity index (χ0n) is 11.4. The molecule has 104 valence electrons. The molecular weight excluding hydrogens is 244 g/mol. The van der Waals surface area contributed by atoms with Gasteiger partial charge in [-0.1, -0.05) is 6.92 Å². The number of nitrogens with zero attached hydrogens (tertiary/aromatic N) is 3. The minimum atomic E-state index is -0.435. The van der Waals surface area contributed by atoms with Crippen LogP contribution in [0.5, 0.6) is 0 Å². The number of anilines is 1. The minimum absolute atomic E-state index is 0.0241. The van der Waals surface area contributed by atoms with Crippen molar-refractivity contribution in [2.45, 2.75) is 19.8 Å². The fraction of sp³-hybridized carbons (Fsp3) is 0.615. The van der Waals surface area contributed by atoms with Gasteiger partial charge in [0.05, 0.1) is 4.92 Å². The summed E-state index contributed by atoms with van der Waals surface area (Å²) in [6.07, 6.45) is 3.60. The summed E-state index contributed by atoms with van der Waals surface area (Å²) in [5.74, 6) is 0.700. The zero-order chi connectivity index (χ0) is 13.9. The Kier molecular flexibility index (Phi) is 3.99. The van der Waals surface area contributed by atoms with Crippen LogP contribution in [0.1, 0.15) is 19.8 Å². The van der Waals surface area contributed by atoms with E-state index in [-0.39, 0.29) is 11.1 Å². The number of pyridine rings is 1. The number of likely N-dealkylation sites (tertiary alicyclic amines) is 1. The maximum absolute atomic E-state index is 10.5. The highest BCUT2D eigenvalue weighted by molar-refractivity contribution is 5.40. The van der Waals surface area contributed by atoms with Gasteiger partial charge in [0, 0.05) is 12.6 Å². The summed E-state index contributed by atoms with van der Waals surface area (Å²) in [4.78, 5) is 16.5. The van der Waals surface area contributed by atoms with Gasteiger partial charge in [-0.15, -0.1) is 0 Å². The monoisotopic (exact) mass is 264 g/mol. The molecule has 0 bridgehead atoms. The molecule has 0 unspecified atom stereocenters. The molecule has 0 atom stereocenters. The first-order chi connectivity index (χ1) is 8.98. The first-order valence-electron chi connectivity index (χ1n) is 6.51. The number of piperidine rings is 1. The quantitative estimate of drug-likeness (QED) is 0.666. The third-order valence-electron chi connectivity index (χ3n) is 3.85. The fourth-order valence-corrected chi connectivity index (χ4v) is 2.24. The van der Waals surface area contributed by atoms with Crippen LogP contribution in [0.4, 0.5) is 11.5 Å². The van der Waals surface area contributed by atoms with Crippen molar-refractivity contribution in [1.82, 2.24) is 9.88 Å². The maximum Gasteiger partial charge on any atom is 0.287 e. The summed E-state index contributed by atoms with van der Waals surface area (Å²) in [7, 11) is 2.14. The van der Waals surface area contributed by atoms with Crippen LogP contribution in [-0.2, 0) is 0 Å². The van der Waals surface area contributed by atoms with Crippen LogP contribution in [-0.4, -0.2) is 41.5 Å². The van der Waals surface area contributed by atoms with Gasteiger partial charge >= 0.3 is 0 Å². The van der Waals surface area contributed by atoms with E-state index in [9.17, 15) is 10.1 Å². The highest BCUT2D eigenvalue weighted by Crippen LogP contribution is 2.30. The average Bonchev–Trinajstić information content (AvgIpc) is 2.41. The molecule has 0 spiro atoms. The largest absolute Gasteiger partial charge is 0.370 e. The maximum atomic E-state index is 10.5. The van der Waals surface area contributed by atoms with E-state index in [0.29, 0.717) is 5.82 Å². The van der Waals surface area contributed by atoms with Gasteiger partial charge in [0.15, 0.2) is 0 Å². The van der Waals surface area contributed by atoms with E-state index in [2.05, 4.69) is 29.2 Å². The Balaban J connectivity index is 1.89. The molecule has 1 fully saturated rings. The van der Waals surface area contributed by atoms with Gasteiger partial charge in [-0.3, -0.25) is 10.1 Å². The molecule has 2 rings (SSSR count). The molecule has 0 amide bonds. The lowest BCUT2D eigenvalue weighted by Gasteiger charge is -2.38. The van der Waals surface area contributed by atoms with Crippen molar-refractivity contribution in [3.8, 4) is 0 Å². The van der Waals surface area contributed by atoms with Crippen molar-refractivity contribution in [3.63, 3.8) is 0 Å². The molecule has 0 radical (unpaired) electrons. The van der Waals surface area contributed by atoms with Crippen molar-refractivity contribution in [2.75, 3.05) is 32.0 Å². The van der Waals surface area contributed by atoms with Gasteiger partial charge in [0.2, 0.25) is 0 Å². The second kappa shape index (κ2) is 5.52. The lowest BCUT2D eigenvalue weighted by atomic mass is 9.80. The van der Waals surface area contributed by atoms with E-state index >= 15 is 0 Å². The molecule has 6 nitrogen and oxygen atoms in total. The highest BCUT2D eigenvalue weighted by atomic mass is 16.6. The van der Waals surface area contributed by atoms with Crippen molar-refractivity contribution in [3.05, 3.63) is 28.4 Å². The number of aromatic nitrogens is 1. The summed E-state index contributed by atoms with van der Waals surface area (Å²) < 4.78 is 0. The van der Waals surface area contributed by atoms with Gasteiger partial charge < -0.3 is 10.2 Å². The Morgan fingerprint density at radius 3 is 2.68 bits per heavy atom. The normalized spacial score (nSPS) is 19.1. The molecule has 1 aliphatic heterocycles. The number of hydrogen-bond acceptors (Lipinski definition) is 5. The minimum Gasteiger partial charge on any atom is -0.370 e. The summed E-state index contributed by atoms with van der Waals surface area (Å²) in [6, 6.07) is 3.14. The van der Waals surface area contributed by atoms with Crippen LogP contribution >= 0.6 is 0 Å². The van der Waals surface area contributed by atoms with Crippen molar-refractivity contribution >= 4 is 11.5 Å². The van der Waals surface area contributed by atoms with E-state index in [1.54, 1.807) is 6.07 Å². The van der Waals surface area contributed by atoms with Gasteiger partial charge in [-0.25, -0.2) is 4.98 Å². The van der Waals surface area contributed by atoms with Crippen LogP contribution in [0.2, 0.25) is 0 Å². The number of hydrogen-bond donors (Lipinski definition) is 1. The molecule has 0 aliphatic carbocycles. The van der Waals surface area contributed by atoms with Crippen LogP contribution in [0, 0.1) is 15.5 Å². The molecule has 1 aromatic rings. The molecule has 1 saturated heterocycles. The predicted octanol–water partition coefficient (Wildman–Crippen LogP) is 2.13. The molecular formula is C13H20N4O2. The number of rotatable bonds is 4.